The molecule has 2 aromatic rings. The van der Waals surface area contributed by atoms with Crippen molar-refractivity contribution in [1.29, 1.82) is 0 Å². The van der Waals surface area contributed by atoms with E-state index in [1.54, 1.807) is 6.92 Å². The smallest absolute Gasteiger partial charge is 0.137 e. The van der Waals surface area contributed by atoms with Crippen LogP contribution in [0.2, 0.25) is 0 Å². The van der Waals surface area contributed by atoms with E-state index in [9.17, 15) is 4.79 Å². The van der Waals surface area contributed by atoms with Gasteiger partial charge < -0.3 is 0 Å². The van der Waals surface area contributed by atoms with E-state index in [1.807, 2.05) is 0 Å². The number of Topliss-reactive ketones (excluding diaryl/α,β-unsaturated/α-hetero) is 1. The molecule has 1 atom stereocenters. The van der Waals surface area contributed by atoms with Gasteiger partial charge in [0, 0.05) is 5.92 Å². The quantitative estimate of drug-likeness (QED) is 0.675. The highest BCUT2D eigenvalue weighted by Crippen LogP contribution is 2.40. The second-order valence-electron chi connectivity index (χ2n) is 5.28. The van der Waals surface area contributed by atoms with Gasteiger partial charge in [0.25, 0.3) is 0 Å². The van der Waals surface area contributed by atoms with E-state index >= 15 is 0 Å². The minimum absolute atomic E-state index is 0.0456. The molecule has 3 rings (SSSR count). The van der Waals surface area contributed by atoms with Gasteiger partial charge in [-0.1, -0.05) is 49.4 Å². The third kappa shape index (κ3) is 1.90. The monoisotopic (exact) mass is 250 g/mol. The minimum Gasteiger partial charge on any atom is -0.299 e. The van der Waals surface area contributed by atoms with Gasteiger partial charge in [-0.2, -0.15) is 0 Å². The van der Waals surface area contributed by atoms with Gasteiger partial charge in [-0.05, 0) is 47.6 Å². The van der Waals surface area contributed by atoms with Crippen LogP contribution in [-0.2, 0) is 11.2 Å². The van der Waals surface area contributed by atoms with Crippen LogP contribution in [0, 0.1) is 0 Å². The van der Waals surface area contributed by atoms with Crippen molar-refractivity contribution < 1.29 is 4.79 Å². The Labute approximate surface area is 114 Å². The number of ketones is 1. The van der Waals surface area contributed by atoms with Crippen LogP contribution >= 0.6 is 0 Å². The molecule has 1 heteroatoms. The van der Waals surface area contributed by atoms with Gasteiger partial charge in [0.15, 0.2) is 0 Å². The van der Waals surface area contributed by atoms with Crippen molar-refractivity contribution in [2.24, 2.45) is 0 Å². The summed E-state index contributed by atoms with van der Waals surface area (Å²) in [5, 5.41) is 0. The summed E-state index contributed by atoms with van der Waals surface area (Å²) in [5.41, 5.74) is 6.60. The molecule has 0 heterocycles. The molecule has 1 nitrogen and oxygen atoms in total. The third-order valence-electron chi connectivity index (χ3n) is 4.16. The molecule has 0 bridgehead atoms. The van der Waals surface area contributed by atoms with Gasteiger partial charge in [0.1, 0.15) is 5.78 Å². The zero-order valence-electron chi connectivity index (χ0n) is 11.4. The fourth-order valence-corrected chi connectivity index (χ4v) is 3.23. The molecule has 19 heavy (non-hydrogen) atoms. The molecule has 0 radical (unpaired) electrons. The first-order valence-electron chi connectivity index (χ1n) is 6.93. The van der Waals surface area contributed by atoms with Crippen LogP contribution in [0.4, 0.5) is 0 Å². The number of hydrogen-bond donors (Lipinski definition) is 0. The first-order chi connectivity index (χ1) is 9.22. The summed E-state index contributed by atoms with van der Waals surface area (Å²) < 4.78 is 0. The van der Waals surface area contributed by atoms with Crippen LogP contribution < -0.4 is 0 Å². The number of hydrogen-bond acceptors (Lipinski definition) is 1. The van der Waals surface area contributed by atoms with E-state index in [0.717, 1.165) is 12.8 Å². The van der Waals surface area contributed by atoms with Gasteiger partial charge in [-0.25, -0.2) is 0 Å². The summed E-state index contributed by atoms with van der Waals surface area (Å²) in [4.78, 5) is 11.8. The topological polar surface area (TPSA) is 17.1 Å². The molecular formula is C18H18O. The van der Waals surface area contributed by atoms with Crippen molar-refractivity contribution in [3.63, 3.8) is 0 Å². The van der Waals surface area contributed by atoms with Crippen molar-refractivity contribution in [2.45, 2.75) is 32.6 Å². The maximum Gasteiger partial charge on any atom is 0.137 e. The molecule has 0 aromatic heterocycles. The average Bonchev–Trinajstić information content (AvgIpc) is 2.79. The number of carbonyl (C=O) groups excluding carboxylic acids is 1. The predicted octanol–water partition coefficient (Wildman–Crippen LogP) is 4.34. The average molecular weight is 250 g/mol. The molecule has 1 aliphatic carbocycles. The molecule has 0 fully saturated rings. The van der Waals surface area contributed by atoms with Crippen LogP contribution in [0.15, 0.2) is 42.5 Å². The largest absolute Gasteiger partial charge is 0.299 e. The lowest BCUT2D eigenvalue weighted by Gasteiger charge is -2.16. The fourth-order valence-electron chi connectivity index (χ4n) is 3.23. The Hall–Kier alpha value is -1.89. The fraction of sp³-hybridized carbons (Fsp3) is 0.278. The second-order valence-corrected chi connectivity index (χ2v) is 5.28. The summed E-state index contributed by atoms with van der Waals surface area (Å²) in [6.07, 6.45) is 1.84. The van der Waals surface area contributed by atoms with Gasteiger partial charge in [-0.3, -0.25) is 4.79 Å². The second kappa shape index (κ2) is 4.65. The molecule has 96 valence electrons. The zero-order chi connectivity index (χ0) is 13.4. The van der Waals surface area contributed by atoms with E-state index in [1.165, 1.54) is 27.8 Å². The Morgan fingerprint density at radius 2 is 1.84 bits per heavy atom. The molecule has 0 N–H and O–H groups in total. The van der Waals surface area contributed by atoms with Gasteiger partial charge in [-0.15, -0.1) is 0 Å². The minimum atomic E-state index is 0.0456. The Balaban J connectivity index is 2.15. The standard InChI is InChI=1S/C18H18O/c1-3-14(12(2)19)16-9-6-10-17-15-8-5-4-7-13(15)11-18(16)17/h4-10,14H,3,11H2,1-2H3. The van der Waals surface area contributed by atoms with E-state index in [-0.39, 0.29) is 11.7 Å². The van der Waals surface area contributed by atoms with Crippen LogP contribution in [0.25, 0.3) is 11.1 Å². The van der Waals surface area contributed by atoms with E-state index < -0.39 is 0 Å². The van der Waals surface area contributed by atoms with Gasteiger partial charge in [0.05, 0.1) is 0 Å². The number of rotatable bonds is 3. The lowest BCUT2D eigenvalue weighted by atomic mass is 9.87. The molecule has 0 aliphatic heterocycles. The normalized spacial score (nSPS) is 13.8. The lowest BCUT2D eigenvalue weighted by molar-refractivity contribution is -0.118. The Morgan fingerprint density at radius 1 is 1.11 bits per heavy atom. The van der Waals surface area contributed by atoms with E-state index in [4.69, 9.17) is 0 Å². The summed E-state index contributed by atoms with van der Waals surface area (Å²) in [6.45, 7) is 3.79. The molecule has 0 saturated heterocycles. The Bertz CT molecular complexity index is 640. The summed E-state index contributed by atoms with van der Waals surface area (Å²) in [6, 6.07) is 14.9. The SMILES string of the molecule is CCC(C(C)=O)c1cccc2c1Cc1ccccc1-2. The van der Waals surface area contributed by atoms with Crippen molar-refractivity contribution in [3.8, 4) is 11.1 Å². The van der Waals surface area contributed by atoms with Crippen molar-refractivity contribution in [3.05, 3.63) is 59.2 Å². The summed E-state index contributed by atoms with van der Waals surface area (Å²) in [5.74, 6) is 0.316. The van der Waals surface area contributed by atoms with Crippen LogP contribution in [0.1, 0.15) is 42.9 Å². The Kier molecular flexibility index (Phi) is 2.98. The van der Waals surface area contributed by atoms with Gasteiger partial charge >= 0.3 is 0 Å². The summed E-state index contributed by atoms with van der Waals surface area (Å²) >= 11 is 0. The highest BCUT2D eigenvalue weighted by Gasteiger charge is 2.25. The molecule has 1 aliphatic rings. The maximum atomic E-state index is 11.8. The van der Waals surface area contributed by atoms with Crippen LogP contribution in [0.3, 0.4) is 0 Å². The van der Waals surface area contributed by atoms with E-state index in [0.29, 0.717) is 0 Å². The maximum absolute atomic E-state index is 11.8. The van der Waals surface area contributed by atoms with E-state index in [2.05, 4.69) is 49.4 Å². The van der Waals surface area contributed by atoms with Crippen LogP contribution in [0.5, 0.6) is 0 Å². The molecule has 0 spiro atoms. The highest BCUT2D eigenvalue weighted by molar-refractivity contribution is 5.86. The van der Waals surface area contributed by atoms with Crippen molar-refractivity contribution in [1.82, 2.24) is 0 Å². The Morgan fingerprint density at radius 3 is 2.58 bits per heavy atom. The van der Waals surface area contributed by atoms with Crippen molar-refractivity contribution >= 4 is 5.78 Å². The number of benzene rings is 2. The summed E-state index contributed by atoms with van der Waals surface area (Å²) in [7, 11) is 0. The molecule has 1 unspecified atom stereocenters. The molecular weight excluding hydrogens is 232 g/mol. The molecule has 0 amide bonds. The lowest BCUT2D eigenvalue weighted by Crippen LogP contribution is -2.10. The van der Waals surface area contributed by atoms with Gasteiger partial charge in [0.2, 0.25) is 0 Å². The third-order valence-corrected chi connectivity index (χ3v) is 4.16. The molecule has 2 aromatic carbocycles. The first-order valence-corrected chi connectivity index (χ1v) is 6.93. The number of carbonyl (C=O) groups is 1. The predicted molar refractivity (Wildman–Crippen MR) is 78.4 cm³/mol. The van der Waals surface area contributed by atoms with Crippen molar-refractivity contribution in [2.75, 3.05) is 0 Å². The number of fused-ring (bicyclic) bond motifs is 3. The zero-order valence-corrected chi connectivity index (χ0v) is 11.4. The highest BCUT2D eigenvalue weighted by atomic mass is 16.1. The first kappa shape index (κ1) is 12.2. The van der Waals surface area contributed by atoms with Crippen LogP contribution in [-0.4, -0.2) is 5.78 Å². The molecule has 0 saturated carbocycles.